The van der Waals surface area contributed by atoms with Crippen molar-refractivity contribution in [3.05, 3.63) is 0 Å². The molecule has 0 aliphatic heterocycles. The number of hydrogen-bond donors (Lipinski definition) is 1. The van der Waals surface area contributed by atoms with Gasteiger partial charge in [-0.05, 0) is 68.2 Å². The number of rotatable bonds is 7. The zero-order chi connectivity index (χ0) is 14.2. The maximum Gasteiger partial charge on any atom is 0.261 e. The summed E-state index contributed by atoms with van der Waals surface area (Å²) in [7, 11) is 0. The molecule has 1 N–H and O–H groups in total. The molecule has 1 unspecified atom stereocenters. The first-order valence-electron chi connectivity index (χ1n) is 8.20. The zero-order valence-electron chi connectivity index (χ0n) is 12.4. The summed E-state index contributed by atoms with van der Waals surface area (Å²) < 4.78 is 29.9. The van der Waals surface area contributed by atoms with Crippen molar-refractivity contribution in [2.75, 3.05) is 19.8 Å². The van der Waals surface area contributed by atoms with Gasteiger partial charge in [0.15, 0.2) is 0 Å². The molecule has 0 heterocycles. The lowest BCUT2D eigenvalue weighted by Gasteiger charge is -2.59. The molecule has 0 spiro atoms. The summed E-state index contributed by atoms with van der Waals surface area (Å²) in [6, 6.07) is 0.264. The van der Waals surface area contributed by atoms with Crippen molar-refractivity contribution >= 4 is 0 Å². The van der Waals surface area contributed by atoms with E-state index in [2.05, 4.69) is 12.2 Å². The largest absolute Gasteiger partial charge is 0.374 e. The van der Waals surface area contributed by atoms with Crippen LogP contribution in [0.2, 0.25) is 0 Å². The number of alkyl halides is 2. The third-order valence-electron chi connectivity index (χ3n) is 5.80. The molecule has 20 heavy (non-hydrogen) atoms. The van der Waals surface area contributed by atoms with Crippen LogP contribution >= 0.6 is 0 Å². The van der Waals surface area contributed by atoms with Gasteiger partial charge >= 0.3 is 0 Å². The molecular formula is C16H27F2NO. The molecule has 2 nitrogen and oxygen atoms in total. The molecule has 0 radical (unpaired) electrons. The van der Waals surface area contributed by atoms with Gasteiger partial charge in [0.2, 0.25) is 0 Å². The minimum Gasteiger partial charge on any atom is -0.374 e. The van der Waals surface area contributed by atoms with Crippen LogP contribution in [-0.2, 0) is 4.74 Å². The first-order valence-corrected chi connectivity index (χ1v) is 8.20. The standard InChI is InChI=1S/C16H27F2NO/c1-2-19-14(9-20-10-15(17)18)16-6-11-3-12(7-16)5-13(4-11)8-16/h11-15,19H,2-10H2,1H3. The first-order chi connectivity index (χ1) is 9.61. The maximum atomic E-state index is 12.3. The molecule has 4 saturated carbocycles. The van der Waals surface area contributed by atoms with E-state index in [-0.39, 0.29) is 6.04 Å². The van der Waals surface area contributed by atoms with Crippen molar-refractivity contribution in [3.8, 4) is 0 Å². The molecule has 4 rings (SSSR count). The Hall–Kier alpha value is -0.220. The Morgan fingerprint density at radius 1 is 1.05 bits per heavy atom. The SMILES string of the molecule is CCNC(COCC(F)F)C12CC3CC(CC(C3)C1)C2. The van der Waals surface area contributed by atoms with Gasteiger partial charge in [0, 0.05) is 6.04 Å². The summed E-state index contributed by atoms with van der Waals surface area (Å²) in [5.41, 5.74) is 0.326. The smallest absolute Gasteiger partial charge is 0.261 e. The molecule has 4 aliphatic rings. The monoisotopic (exact) mass is 287 g/mol. The fourth-order valence-electron chi connectivity index (χ4n) is 5.58. The fourth-order valence-corrected chi connectivity index (χ4v) is 5.58. The van der Waals surface area contributed by atoms with Crippen molar-refractivity contribution in [1.29, 1.82) is 0 Å². The van der Waals surface area contributed by atoms with Gasteiger partial charge in [0.1, 0.15) is 6.61 Å². The van der Waals surface area contributed by atoms with E-state index < -0.39 is 13.0 Å². The topological polar surface area (TPSA) is 21.3 Å². The zero-order valence-corrected chi connectivity index (χ0v) is 12.4. The Labute approximate surface area is 120 Å². The summed E-state index contributed by atoms with van der Waals surface area (Å²) in [5.74, 6) is 2.66. The van der Waals surface area contributed by atoms with Crippen molar-refractivity contribution in [2.24, 2.45) is 23.2 Å². The van der Waals surface area contributed by atoms with E-state index in [0.29, 0.717) is 12.0 Å². The highest BCUT2D eigenvalue weighted by molar-refractivity contribution is 5.06. The lowest BCUT2D eigenvalue weighted by atomic mass is 9.47. The van der Waals surface area contributed by atoms with Gasteiger partial charge in [0.25, 0.3) is 6.43 Å². The highest BCUT2D eigenvalue weighted by Gasteiger charge is 2.53. The van der Waals surface area contributed by atoms with Crippen molar-refractivity contribution in [2.45, 2.75) is 57.9 Å². The summed E-state index contributed by atoms with van der Waals surface area (Å²) >= 11 is 0. The molecule has 4 bridgehead atoms. The number of likely N-dealkylation sites (N-methyl/N-ethyl adjacent to an activating group) is 1. The quantitative estimate of drug-likeness (QED) is 0.774. The van der Waals surface area contributed by atoms with Gasteiger partial charge in [-0.3, -0.25) is 0 Å². The molecule has 0 aromatic rings. The van der Waals surface area contributed by atoms with Gasteiger partial charge in [-0.25, -0.2) is 8.78 Å². The predicted molar refractivity (Wildman–Crippen MR) is 74.9 cm³/mol. The predicted octanol–water partition coefficient (Wildman–Crippen LogP) is 3.46. The molecule has 0 aromatic carbocycles. The van der Waals surface area contributed by atoms with Crippen LogP contribution in [0.5, 0.6) is 0 Å². The Morgan fingerprint density at radius 2 is 1.60 bits per heavy atom. The average Bonchev–Trinajstić information content (AvgIpc) is 2.35. The van der Waals surface area contributed by atoms with Crippen molar-refractivity contribution in [1.82, 2.24) is 5.32 Å². The van der Waals surface area contributed by atoms with Crippen LogP contribution < -0.4 is 5.32 Å². The van der Waals surface area contributed by atoms with Crippen LogP contribution in [0.25, 0.3) is 0 Å². The molecule has 1 atom stereocenters. The summed E-state index contributed by atoms with van der Waals surface area (Å²) in [6.45, 7) is 3.02. The van der Waals surface area contributed by atoms with E-state index in [4.69, 9.17) is 4.74 Å². The van der Waals surface area contributed by atoms with Gasteiger partial charge in [0.05, 0.1) is 6.61 Å². The highest BCUT2D eigenvalue weighted by atomic mass is 19.3. The molecule has 4 heteroatoms. The highest BCUT2D eigenvalue weighted by Crippen LogP contribution is 2.61. The molecule has 116 valence electrons. The lowest BCUT2D eigenvalue weighted by Crippen LogP contribution is -2.57. The van der Waals surface area contributed by atoms with Gasteiger partial charge in [-0.2, -0.15) is 0 Å². The van der Waals surface area contributed by atoms with E-state index in [0.717, 1.165) is 24.3 Å². The van der Waals surface area contributed by atoms with Gasteiger partial charge in [-0.15, -0.1) is 0 Å². The maximum absolute atomic E-state index is 12.3. The van der Waals surface area contributed by atoms with Crippen LogP contribution in [0.1, 0.15) is 45.4 Å². The minimum absolute atomic E-state index is 0.264. The molecule has 0 aromatic heterocycles. The molecular weight excluding hydrogens is 260 g/mol. The van der Waals surface area contributed by atoms with Gasteiger partial charge < -0.3 is 10.1 Å². The van der Waals surface area contributed by atoms with Crippen molar-refractivity contribution < 1.29 is 13.5 Å². The second-order valence-electron chi connectivity index (χ2n) is 7.32. The Morgan fingerprint density at radius 3 is 2.05 bits per heavy atom. The second-order valence-corrected chi connectivity index (χ2v) is 7.32. The lowest BCUT2D eigenvalue weighted by molar-refractivity contribution is -0.0943. The number of ether oxygens (including phenoxy) is 1. The fraction of sp³-hybridized carbons (Fsp3) is 1.00. The van der Waals surface area contributed by atoms with E-state index in [9.17, 15) is 8.78 Å². The number of halogens is 2. The summed E-state index contributed by atoms with van der Waals surface area (Å²) in [4.78, 5) is 0. The normalized spacial score (nSPS) is 40.5. The van der Waals surface area contributed by atoms with E-state index >= 15 is 0 Å². The van der Waals surface area contributed by atoms with Crippen molar-refractivity contribution in [3.63, 3.8) is 0 Å². The first kappa shape index (κ1) is 14.7. The minimum atomic E-state index is -2.35. The molecule has 4 fully saturated rings. The Balaban J connectivity index is 1.66. The van der Waals surface area contributed by atoms with Crippen LogP contribution in [0, 0.1) is 23.2 Å². The molecule has 0 amide bonds. The molecule has 4 aliphatic carbocycles. The number of hydrogen-bond acceptors (Lipinski definition) is 2. The Bertz CT molecular complexity index is 299. The van der Waals surface area contributed by atoms with Crippen LogP contribution in [-0.4, -0.2) is 32.2 Å². The van der Waals surface area contributed by atoms with E-state index in [1.807, 2.05) is 0 Å². The third kappa shape index (κ3) is 2.87. The van der Waals surface area contributed by atoms with Gasteiger partial charge in [-0.1, -0.05) is 6.92 Å². The van der Waals surface area contributed by atoms with Crippen LogP contribution in [0.15, 0.2) is 0 Å². The third-order valence-corrected chi connectivity index (χ3v) is 5.80. The second kappa shape index (κ2) is 5.88. The van der Waals surface area contributed by atoms with E-state index in [1.54, 1.807) is 0 Å². The molecule has 0 saturated heterocycles. The average molecular weight is 287 g/mol. The van der Waals surface area contributed by atoms with Crippen LogP contribution in [0.3, 0.4) is 0 Å². The summed E-state index contributed by atoms with van der Waals surface area (Å²) in [6.07, 6.45) is 5.74. The van der Waals surface area contributed by atoms with E-state index in [1.165, 1.54) is 38.5 Å². The summed E-state index contributed by atoms with van der Waals surface area (Å²) in [5, 5.41) is 3.54. The number of nitrogens with one attached hydrogen (secondary N) is 1. The Kier molecular flexibility index (Phi) is 4.32. The van der Waals surface area contributed by atoms with Crippen LogP contribution in [0.4, 0.5) is 8.78 Å².